The van der Waals surface area contributed by atoms with Crippen LogP contribution >= 0.6 is 11.6 Å². The van der Waals surface area contributed by atoms with Gasteiger partial charge in [0.05, 0.1) is 13.2 Å². The summed E-state index contributed by atoms with van der Waals surface area (Å²) >= 11 is 6.47. The van der Waals surface area contributed by atoms with Crippen LogP contribution in [0.5, 0.6) is 0 Å². The molecular weight excluding hydrogens is 548 g/mol. The fourth-order valence-corrected chi connectivity index (χ4v) is 6.10. The maximum Gasteiger partial charge on any atom is 0.258 e. The Morgan fingerprint density at radius 3 is 2.52 bits per heavy atom. The van der Waals surface area contributed by atoms with E-state index in [-0.39, 0.29) is 17.9 Å². The van der Waals surface area contributed by atoms with Crippen molar-refractivity contribution < 1.29 is 14.3 Å². The second-order valence-electron chi connectivity index (χ2n) is 11.3. The fourth-order valence-electron chi connectivity index (χ4n) is 5.92. The Kier molecular flexibility index (Phi) is 10.3. The Balaban J connectivity index is 1.26. The predicted octanol–water partition coefficient (Wildman–Crippen LogP) is 6.39. The molecule has 2 amide bonds. The molecule has 1 unspecified atom stereocenters. The van der Waals surface area contributed by atoms with E-state index in [9.17, 15) is 9.59 Å². The van der Waals surface area contributed by atoms with Gasteiger partial charge in [-0.2, -0.15) is 0 Å². The van der Waals surface area contributed by atoms with Crippen LogP contribution in [0.1, 0.15) is 69.1 Å². The molecular formula is C34H41ClN4O3. The van der Waals surface area contributed by atoms with Crippen LogP contribution in [0.15, 0.2) is 60.7 Å². The highest BCUT2D eigenvalue weighted by Gasteiger charge is 2.28. The van der Waals surface area contributed by atoms with Gasteiger partial charge in [0.15, 0.2) is 0 Å². The smallest absolute Gasteiger partial charge is 0.258 e. The summed E-state index contributed by atoms with van der Waals surface area (Å²) in [6, 6.07) is 19.0. The van der Waals surface area contributed by atoms with Gasteiger partial charge in [0.2, 0.25) is 0 Å². The van der Waals surface area contributed by atoms with E-state index >= 15 is 0 Å². The van der Waals surface area contributed by atoms with Crippen LogP contribution < -0.4 is 15.5 Å². The molecule has 2 aliphatic rings. The highest BCUT2D eigenvalue weighted by Crippen LogP contribution is 2.36. The number of hydrogen-bond acceptors (Lipinski definition) is 5. The van der Waals surface area contributed by atoms with Gasteiger partial charge in [-0.05, 0) is 112 Å². The number of nitrogens with zero attached hydrogens (tertiary/aromatic N) is 2. The first-order chi connectivity index (χ1) is 20.4. The topological polar surface area (TPSA) is 73.9 Å². The van der Waals surface area contributed by atoms with E-state index in [0.717, 1.165) is 87.5 Å². The lowest BCUT2D eigenvalue weighted by molar-refractivity contribution is 0.0372. The summed E-state index contributed by atoms with van der Waals surface area (Å²) in [6.07, 6.45) is 4.06. The summed E-state index contributed by atoms with van der Waals surface area (Å²) in [6.45, 7) is 10.2. The molecule has 1 atom stereocenters. The lowest BCUT2D eigenvalue weighted by Gasteiger charge is -2.27. The van der Waals surface area contributed by atoms with Crippen LogP contribution in [-0.2, 0) is 4.74 Å². The SMILES string of the molecule is Cc1ccccc1C(=O)Nc1ccc(C(=O)N2CCCC(NCCCCN3CCOCC3)c3cc(Cl)ccc32)c(C)c1. The minimum absolute atomic E-state index is 0.0426. The van der Waals surface area contributed by atoms with Crippen molar-refractivity contribution in [2.75, 3.05) is 56.2 Å². The fraction of sp³-hybridized carbons (Fsp3) is 0.412. The van der Waals surface area contributed by atoms with Crippen LogP contribution in [0.25, 0.3) is 0 Å². The van der Waals surface area contributed by atoms with Crippen molar-refractivity contribution in [3.63, 3.8) is 0 Å². The van der Waals surface area contributed by atoms with Crippen molar-refractivity contribution in [2.24, 2.45) is 0 Å². The van der Waals surface area contributed by atoms with Crippen molar-refractivity contribution in [1.82, 2.24) is 10.2 Å². The molecule has 1 fully saturated rings. The zero-order valence-corrected chi connectivity index (χ0v) is 25.4. The Bertz CT molecular complexity index is 1410. The minimum Gasteiger partial charge on any atom is -0.379 e. The molecule has 2 N–H and O–H groups in total. The first-order valence-corrected chi connectivity index (χ1v) is 15.4. The number of carbonyl (C=O) groups excluding carboxylic acids is 2. The number of aryl methyl sites for hydroxylation is 2. The van der Waals surface area contributed by atoms with Gasteiger partial charge in [-0.25, -0.2) is 0 Å². The Morgan fingerprint density at radius 2 is 1.74 bits per heavy atom. The third kappa shape index (κ3) is 7.39. The first-order valence-electron chi connectivity index (χ1n) is 15.0. The first kappa shape index (κ1) is 30.2. The number of ether oxygens (including phenoxy) is 1. The highest BCUT2D eigenvalue weighted by molar-refractivity contribution is 6.30. The Hall–Kier alpha value is -3.23. The molecule has 1 saturated heterocycles. The van der Waals surface area contributed by atoms with E-state index in [2.05, 4.69) is 15.5 Å². The molecule has 0 spiro atoms. The number of rotatable bonds is 9. The molecule has 5 rings (SSSR count). The van der Waals surface area contributed by atoms with E-state index in [1.807, 2.05) is 73.3 Å². The van der Waals surface area contributed by atoms with Gasteiger partial charge >= 0.3 is 0 Å². The molecule has 8 heteroatoms. The molecule has 2 heterocycles. The van der Waals surface area contributed by atoms with E-state index in [1.165, 1.54) is 0 Å². The number of halogens is 1. The zero-order valence-electron chi connectivity index (χ0n) is 24.6. The summed E-state index contributed by atoms with van der Waals surface area (Å²) < 4.78 is 5.45. The van der Waals surface area contributed by atoms with Gasteiger partial charge < -0.3 is 20.3 Å². The van der Waals surface area contributed by atoms with Gasteiger partial charge in [0.1, 0.15) is 0 Å². The van der Waals surface area contributed by atoms with Crippen LogP contribution in [0, 0.1) is 13.8 Å². The van der Waals surface area contributed by atoms with E-state index < -0.39 is 0 Å². The standard InChI is InChI=1S/C34H41ClN4O3/c1-24-8-3-4-9-28(24)33(40)37-27-12-13-29(25(2)22-27)34(41)39-17-7-10-31(30-23-26(35)11-14-32(30)39)36-15-5-6-16-38-18-20-42-21-19-38/h3-4,8-9,11-14,22-23,31,36H,5-7,10,15-21H2,1-2H3,(H,37,40). The maximum absolute atomic E-state index is 13.9. The van der Waals surface area contributed by atoms with Gasteiger partial charge in [-0.1, -0.05) is 29.8 Å². The largest absolute Gasteiger partial charge is 0.379 e. The number of amides is 2. The van der Waals surface area contributed by atoms with Gasteiger partial charge in [0.25, 0.3) is 11.8 Å². The summed E-state index contributed by atoms with van der Waals surface area (Å²) in [4.78, 5) is 31.1. The number of benzene rings is 3. The third-order valence-corrected chi connectivity index (χ3v) is 8.51. The molecule has 222 valence electrons. The van der Waals surface area contributed by atoms with Crippen molar-refractivity contribution in [2.45, 2.75) is 45.6 Å². The second kappa shape index (κ2) is 14.3. The Labute approximate surface area is 254 Å². The predicted molar refractivity (Wildman–Crippen MR) is 170 cm³/mol. The number of nitrogens with one attached hydrogen (secondary N) is 2. The van der Waals surface area contributed by atoms with Crippen molar-refractivity contribution in [3.05, 3.63) is 93.5 Å². The number of fused-ring (bicyclic) bond motifs is 1. The molecule has 7 nitrogen and oxygen atoms in total. The lowest BCUT2D eigenvalue weighted by Crippen LogP contribution is -2.37. The zero-order chi connectivity index (χ0) is 29.5. The quantitative estimate of drug-likeness (QED) is 0.283. The number of anilines is 2. The molecule has 0 bridgehead atoms. The normalized spacial score (nSPS) is 17.4. The van der Waals surface area contributed by atoms with Crippen molar-refractivity contribution in [3.8, 4) is 0 Å². The summed E-state index contributed by atoms with van der Waals surface area (Å²) in [7, 11) is 0. The lowest BCUT2D eigenvalue weighted by atomic mass is 10.0. The number of carbonyl (C=O) groups is 2. The van der Waals surface area contributed by atoms with Crippen LogP contribution in [0.2, 0.25) is 5.02 Å². The maximum atomic E-state index is 13.9. The average Bonchev–Trinajstić information content (AvgIpc) is 3.16. The van der Waals surface area contributed by atoms with E-state index in [0.29, 0.717) is 28.4 Å². The van der Waals surface area contributed by atoms with E-state index in [4.69, 9.17) is 16.3 Å². The molecule has 0 saturated carbocycles. The molecule has 3 aromatic carbocycles. The molecule has 0 aromatic heterocycles. The van der Waals surface area contributed by atoms with Crippen molar-refractivity contribution in [1.29, 1.82) is 0 Å². The van der Waals surface area contributed by atoms with Crippen molar-refractivity contribution >= 4 is 34.8 Å². The molecule has 42 heavy (non-hydrogen) atoms. The van der Waals surface area contributed by atoms with Gasteiger partial charge in [-0.15, -0.1) is 0 Å². The monoisotopic (exact) mass is 588 g/mol. The van der Waals surface area contributed by atoms with Crippen LogP contribution in [0.4, 0.5) is 11.4 Å². The molecule has 0 radical (unpaired) electrons. The van der Waals surface area contributed by atoms with Crippen LogP contribution in [-0.4, -0.2) is 62.7 Å². The Morgan fingerprint density at radius 1 is 0.929 bits per heavy atom. The average molecular weight is 589 g/mol. The van der Waals surface area contributed by atoms with E-state index in [1.54, 1.807) is 6.07 Å². The number of unbranched alkanes of at least 4 members (excludes halogenated alkanes) is 1. The van der Waals surface area contributed by atoms with Gasteiger partial charge in [0, 0.05) is 53.2 Å². The summed E-state index contributed by atoms with van der Waals surface area (Å²) in [5.74, 6) is -0.205. The molecule has 3 aromatic rings. The second-order valence-corrected chi connectivity index (χ2v) is 11.7. The minimum atomic E-state index is -0.162. The highest BCUT2D eigenvalue weighted by atomic mass is 35.5. The summed E-state index contributed by atoms with van der Waals surface area (Å²) in [5.41, 5.74) is 5.63. The molecule has 2 aliphatic heterocycles. The number of hydrogen-bond donors (Lipinski definition) is 2. The number of morpholine rings is 1. The van der Waals surface area contributed by atoms with Gasteiger partial charge in [-0.3, -0.25) is 14.5 Å². The van der Waals surface area contributed by atoms with Crippen LogP contribution in [0.3, 0.4) is 0 Å². The third-order valence-electron chi connectivity index (χ3n) is 8.28. The molecule has 0 aliphatic carbocycles. The summed E-state index contributed by atoms with van der Waals surface area (Å²) in [5, 5.41) is 7.40.